The summed E-state index contributed by atoms with van der Waals surface area (Å²) in [5, 5.41) is 0. The number of benzene rings is 1. The second kappa shape index (κ2) is 5.76. The molecule has 4 heteroatoms. The van der Waals surface area contributed by atoms with Crippen molar-refractivity contribution >= 4 is 33.5 Å². The van der Waals surface area contributed by atoms with Crippen LogP contribution in [0.4, 0.5) is 0 Å². The third-order valence-corrected chi connectivity index (χ3v) is 4.67. The van der Waals surface area contributed by atoms with Gasteiger partial charge in [0, 0.05) is 26.3 Å². The highest BCUT2D eigenvalue weighted by Gasteiger charge is 2.12. The molecule has 2 aromatic rings. The van der Waals surface area contributed by atoms with Gasteiger partial charge in [-0.25, -0.2) is 0 Å². The molecule has 2 nitrogen and oxygen atoms in total. The molecule has 1 heterocycles. The van der Waals surface area contributed by atoms with Crippen LogP contribution in [0.15, 0.2) is 39.7 Å². The number of carbonyl (C=O) groups is 1. The molecule has 1 aromatic carbocycles. The van der Waals surface area contributed by atoms with Crippen LogP contribution in [0, 0.1) is 13.8 Å². The van der Waals surface area contributed by atoms with Crippen LogP contribution >= 0.6 is 27.7 Å². The lowest BCUT2D eigenvalue weighted by Gasteiger charge is -2.03. The Morgan fingerprint density at radius 1 is 1.33 bits per heavy atom. The molecular formula is C14H14BrNOS. The zero-order valence-electron chi connectivity index (χ0n) is 10.3. The van der Waals surface area contributed by atoms with E-state index in [-0.39, 0.29) is 5.78 Å². The Balaban J connectivity index is 2.05. The maximum Gasteiger partial charge on any atom is 0.174 e. The lowest BCUT2D eigenvalue weighted by Crippen LogP contribution is -2.02. The molecule has 0 aliphatic rings. The van der Waals surface area contributed by atoms with Crippen LogP contribution in [-0.4, -0.2) is 16.5 Å². The van der Waals surface area contributed by atoms with Crippen LogP contribution in [0.3, 0.4) is 0 Å². The summed E-state index contributed by atoms with van der Waals surface area (Å²) in [6.45, 7) is 3.90. The minimum atomic E-state index is 0.164. The van der Waals surface area contributed by atoms with Crippen LogP contribution in [0.25, 0.3) is 0 Å². The topological polar surface area (TPSA) is 32.9 Å². The summed E-state index contributed by atoms with van der Waals surface area (Å²) in [5.74, 6) is 0.624. The van der Waals surface area contributed by atoms with E-state index in [9.17, 15) is 4.79 Å². The summed E-state index contributed by atoms with van der Waals surface area (Å²) < 4.78 is 1.03. The maximum atomic E-state index is 12.1. The van der Waals surface area contributed by atoms with Crippen molar-refractivity contribution in [3.63, 3.8) is 0 Å². The normalized spacial score (nSPS) is 10.6. The zero-order valence-corrected chi connectivity index (χ0v) is 12.7. The van der Waals surface area contributed by atoms with Gasteiger partial charge in [0.15, 0.2) is 5.78 Å². The van der Waals surface area contributed by atoms with Crippen LogP contribution in [-0.2, 0) is 0 Å². The standard InChI is InChI=1S/C14H14BrNOS/c1-9-7-11(10(2)16-9)13(17)8-18-14-6-4-3-5-12(14)15/h3-7,16H,8H2,1-2H3. The van der Waals surface area contributed by atoms with E-state index in [1.54, 1.807) is 11.8 Å². The summed E-state index contributed by atoms with van der Waals surface area (Å²) >= 11 is 5.04. The molecule has 0 unspecified atom stereocenters. The van der Waals surface area contributed by atoms with Crippen LogP contribution in [0.5, 0.6) is 0 Å². The van der Waals surface area contributed by atoms with Crippen molar-refractivity contribution in [2.45, 2.75) is 18.7 Å². The molecule has 2 rings (SSSR count). The van der Waals surface area contributed by atoms with Gasteiger partial charge < -0.3 is 4.98 Å². The van der Waals surface area contributed by atoms with Gasteiger partial charge in [0.1, 0.15) is 0 Å². The molecule has 0 amide bonds. The molecule has 1 aromatic heterocycles. The number of H-pyrrole nitrogens is 1. The first kappa shape index (κ1) is 13.4. The summed E-state index contributed by atoms with van der Waals surface area (Å²) in [6.07, 6.45) is 0. The Hall–Kier alpha value is -1.00. The number of carbonyl (C=O) groups excluding carboxylic acids is 1. The van der Waals surface area contributed by atoms with Gasteiger partial charge >= 0.3 is 0 Å². The van der Waals surface area contributed by atoms with Crippen molar-refractivity contribution < 1.29 is 4.79 Å². The van der Waals surface area contributed by atoms with Crippen molar-refractivity contribution in [2.24, 2.45) is 0 Å². The van der Waals surface area contributed by atoms with E-state index >= 15 is 0 Å². The number of thioether (sulfide) groups is 1. The van der Waals surface area contributed by atoms with Crippen LogP contribution < -0.4 is 0 Å². The SMILES string of the molecule is Cc1cc(C(=O)CSc2ccccc2Br)c(C)[nH]1. The fourth-order valence-corrected chi connectivity index (χ4v) is 3.25. The lowest BCUT2D eigenvalue weighted by atomic mass is 10.2. The third kappa shape index (κ3) is 3.06. The van der Waals surface area contributed by atoms with E-state index in [4.69, 9.17) is 0 Å². The Morgan fingerprint density at radius 3 is 2.67 bits per heavy atom. The number of halogens is 1. The second-order valence-electron chi connectivity index (χ2n) is 4.13. The Morgan fingerprint density at radius 2 is 2.06 bits per heavy atom. The van der Waals surface area contributed by atoms with Crippen molar-refractivity contribution in [1.82, 2.24) is 4.98 Å². The maximum absolute atomic E-state index is 12.1. The van der Waals surface area contributed by atoms with Crippen LogP contribution in [0.2, 0.25) is 0 Å². The van der Waals surface area contributed by atoms with E-state index in [2.05, 4.69) is 20.9 Å². The number of aromatic nitrogens is 1. The largest absolute Gasteiger partial charge is 0.362 e. The van der Waals surface area contributed by atoms with E-state index < -0.39 is 0 Å². The number of hydrogen-bond donors (Lipinski definition) is 1. The lowest BCUT2D eigenvalue weighted by molar-refractivity contribution is 0.102. The molecule has 94 valence electrons. The van der Waals surface area contributed by atoms with Crippen molar-refractivity contribution in [2.75, 3.05) is 5.75 Å². The minimum absolute atomic E-state index is 0.164. The number of hydrogen-bond acceptors (Lipinski definition) is 2. The average molecular weight is 324 g/mol. The summed E-state index contributed by atoms with van der Waals surface area (Å²) in [7, 11) is 0. The molecule has 0 spiro atoms. The molecule has 0 radical (unpaired) electrons. The molecule has 1 N–H and O–H groups in total. The molecule has 0 atom stereocenters. The number of Topliss-reactive ketones (excluding diaryl/α,β-unsaturated/α-hetero) is 1. The number of aromatic amines is 1. The highest BCUT2D eigenvalue weighted by atomic mass is 79.9. The van der Waals surface area contributed by atoms with Gasteiger partial charge in [0.05, 0.1) is 5.75 Å². The third-order valence-electron chi connectivity index (χ3n) is 2.65. The highest BCUT2D eigenvalue weighted by molar-refractivity contribution is 9.10. The first-order valence-electron chi connectivity index (χ1n) is 5.64. The van der Waals surface area contributed by atoms with E-state index in [1.807, 2.05) is 44.2 Å². The Bertz CT molecular complexity index is 577. The summed E-state index contributed by atoms with van der Waals surface area (Å²) in [5.41, 5.74) is 2.78. The summed E-state index contributed by atoms with van der Waals surface area (Å²) in [4.78, 5) is 16.4. The molecule has 18 heavy (non-hydrogen) atoms. The quantitative estimate of drug-likeness (QED) is 0.669. The van der Waals surface area contributed by atoms with E-state index in [0.29, 0.717) is 5.75 Å². The predicted molar refractivity (Wildman–Crippen MR) is 79.5 cm³/mol. The second-order valence-corrected chi connectivity index (χ2v) is 6.00. The van der Waals surface area contributed by atoms with E-state index in [0.717, 1.165) is 26.3 Å². The van der Waals surface area contributed by atoms with Gasteiger partial charge in [-0.3, -0.25) is 4.79 Å². The van der Waals surface area contributed by atoms with Crippen molar-refractivity contribution in [1.29, 1.82) is 0 Å². The first-order valence-corrected chi connectivity index (χ1v) is 7.42. The van der Waals surface area contributed by atoms with Crippen LogP contribution in [0.1, 0.15) is 21.7 Å². The fraction of sp³-hybridized carbons (Fsp3) is 0.214. The van der Waals surface area contributed by atoms with Crippen molar-refractivity contribution in [3.05, 3.63) is 51.8 Å². The van der Waals surface area contributed by atoms with Gasteiger partial charge in [-0.2, -0.15) is 0 Å². The number of aryl methyl sites for hydroxylation is 2. The molecule has 0 aliphatic heterocycles. The number of nitrogens with one attached hydrogen (secondary N) is 1. The van der Waals surface area contributed by atoms with Gasteiger partial charge in [-0.05, 0) is 48.0 Å². The first-order chi connectivity index (χ1) is 8.58. The van der Waals surface area contributed by atoms with Crippen molar-refractivity contribution in [3.8, 4) is 0 Å². The number of rotatable bonds is 4. The molecule has 0 saturated heterocycles. The predicted octanol–water partition coefficient (Wildman–Crippen LogP) is 4.37. The molecule has 0 aliphatic carbocycles. The molecule has 0 saturated carbocycles. The van der Waals surface area contributed by atoms with E-state index in [1.165, 1.54) is 0 Å². The molecule has 0 fully saturated rings. The fourth-order valence-electron chi connectivity index (χ4n) is 1.80. The molecular weight excluding hydrogens is 310 g/mol. The minimum Gasteiger partial charge on any atom is -0.362 e. The monoisotopic (exact) mass is 323 g/mol. The Kier molecular flexibility index (Phi) is 4.30. The van der Waals surface area contributed by atoms with Gasteiger partial charge in [-0.1, -0.05) is 12.1 Å². The summed E-state index contributed by atoms with van der Waals surface area (Å²) in [6, 6.07) is 9.85. The average Bonchev–Trinajstić information content (AvgIpc) is 2.67. The number of ketones is 1. The zero-order chi connectivity index (χ0) is 13.1. The van der Waals surface area contributed by atoms with Gasteiger partial charge in [-0.15, -0.1) is 11.8 Å². The highest BCUT2D eigenvalue weighted by Crippen LogP contribution is 2.27. The Labute approximate surface area is 119 Å². The van der Waals surface area contributed by atoms with Gasteiger partial charge in [0.2, 0.25) is 0 Å². The van der Waals surface area contributed by atoms with Gasteiger partial charge in [0.25, 0.3) is 0 Å². The smallest absolute Gasteiger partial charge is 0.174 e. The molecule has 0 bridgehead atoms.